The summed E-state index contributed by atoms with van der Waals surface area (Å²) in [6, 6.07) is 0. The van der Waals surface area contributed by atoms with E-state index in [0.29, 0.717) is 5.50 Å². The third kappa shape index (κ3) is 1.35. The normalized spacial score (nSPS) is 31.5. The molecule has 0 aromatic heterocycles. The van der Waals surface area contributed by atoms with Crippen LogP contribution in [0.25, 0.3) is 0 Å². The van der Waals surface area contributed by atoms with Gasteiger partial charge in [0.2, 0.25) is 0 Å². The van der Waals surface area contributed by atoms with Gasteiger partial charge in [-0.2, -0.15) is 0 Å². The second-order valence-corrected chi connectivity index (χ2v) is 2.85. The van der Waals surface area contributed by atoms with E-state index in [0.717, 1.165) is 5.88 Å². The van der Waals surface area contributed by atoms with E-state index in [4.69, 9.17) is 0 Å². The summed E-state index contributed by atoms with van der Waals surface area (Å²) in [5.41, 5.74) is 3.61. The van der Waals surface area contributed by atoms with Crippen molar-refractivity contribution < 1.29 is 0 Å². The van der Waals surface area contributed by atoms with E-state index >= 15 is 0 Å². The minimum atomic E-state index is 0.417. The molecule has 3 nitrogen and oxygen atoms in total. The lowest BCUT2D eigenvalue weighted by Crippen LogP contribution is -2.38. The summed E-state index contributed by atoms with van der Waals surface area (Å²) < 4.78 is 0. The monoisotopic (exact) mass is 133 g/mol. The molecule has 0 saturated carbocycles. The van der Waals surface area contributed by atoms with Crippen molar-refractivity contribution in [3.63, 3.8) is 0 Å². The average Bonchev–Trinajstić information content (AvgIpc) is 2.14. The number of hydrogen-bond donors (Lipinski definition) is 2. The van der Waals surface area contributed by atoms with Gasteiger partial charge in [-0.05, 0) is 7.05 Å². The molecular formula is C4H11N3S. The second kappa shape index (κ2) is 2.68. The fourth-order valence-corrected chi connectivity index (χ4v) is 1.48. The predicted molar refractivity (Wildman–Crippen MR) is 36.2 cm³/mol. The van der Waals surface area contributed by atoms with Crippen LogP contribution in [-0.2, 0) is 0 Å². The van der Waals surface area contributed by atoms with Crippen molar-refractivity contribution in [3.8, 4) is 0 Å². The maximum atomic E-state index is 3.19. The molecule has 1 heterocycles. The van der Waals surface area contributed by atoms with E-state index in [1.165, 1.54) is 0 Å². The minimum Gasteiger partial charge on any atom is -0.295 e. The Morgan fingerprint density at radius 3 is 2.88 bits per heavy atom. The number of hydrogen-bond acceptors (Lipinski definition) is 4. The molecular weight excluding hydrogens is 122 g/mol. The molecule has 1 aliphatic rings. The summed E-state index contributed by atoms with van der Waals surface area (Å²) in [5.74, 6) is 1.06. The summed E-state index contributed by atoms with van der Waals surface area (Å²) in [4.78, 5) is 0. The SMILES string of the molecule is CNC1NN(C)CS1. The van der Waals surface area contributed by atoms with Gasteiger partial charge < -0.3 is 0 Å². The van der Waals surface area contributed by atoms with Crippen molar-refractivity contribution >= 4 is 11.8 Å². The Balaban J connectivity index is 2.22. The van der Waals surface area contributed by atoms with Gasteiger partial charge in [0.1, 0.15) is 5.50 Å². The van der Waals surface area contributed by atoms with E-state index in [1.807, 2.05) is 25.9 Å². The van der Waals surface area contributed by atoms with Gasteiger partial charge in [0.25, 0.3) is 0 Å². The lowest BCUT2D eigenvalue weighted by atomic mass is 11.0. The van der Waals surface area contributed by atoms with Crippen LogP contribution in [0.1, 0.15) is 0 Å². The summed E-state index contributed by atoms with van der Waals surface area (Å²) in [6.07, 6.45) is 0. The van der Waals surface area contributed by atoms with E-state index in [2.05, 4.69) is 15.8 Å². The van der Waals surface area contributed by atoms with Crippen LogP contribution in [0.3, 0.4) is 0 Å². The molecule has 2 N–H and O–H groups in total. The lowest BCUT2D eigenvalue weighted by molar-refractivity contribution is 0.280. The van der Waals surface area contributed by atoms with Crippen LogP contribution >= 0.6 is 11.8 Å². The lowest BCUT2D eigenvalue weighted by Gasteiger charge is -2.08. The van der Waals surface area contributed by atoms with Gasteiger partial charge in [-0.15, -0.1) is 11.8 Å². The molecule has 8 heavy (non-hydrogen) atoms. The Hall–Kier alpha value is 0.230. The van der Waals surface area contributed by atoms with Crippen LogP contribution in [0.15, 0.2) is 0 Å². The first kappa shape index (κ1) is 6.35. The van der Waals surface area contributed by atoms with Crippen LogP contribution in [0.2, 0.25) is 0 Å². The first-order valence-corrected chi connectivity index (χ1v) is 3.64. The highest BCUT2D eigenvalue weighted by Crippen LogP contribution is 2.12. The van der Waals surface area contributed by atoms with Crippen molar-refractivity contribution in [2.45, 2.75) is 5.50 Å². The van der Waals surface area contributed by atoms with Crippen molar-refractivity contribution in [2.75, 3.05) is 20.0 Å². The summed E-state index contributed by atoms with van der Waals surface area (Å²) in [5, 5.41) is 5.17. The predicted octanol–water partition coefficient (Wildman–Crippen LogP) is -0.370. The minimum absolute atomic E-state index is 0.417. The van der Waals surface area contributed by atoms with E-state index in [9.17, 15) is 0 Å². The van der Waals surface area contributed by atoms with Gasteiger partial charge in [0.05, 0.1) is 5.88 Å². The molecule has 0 aromatic carbocycles. The van der Waals surface area contributed by atoms with Gasteiger partial charge >= 0.3 is 0 Å². The molecule has 1 aliphatic heterocycles. The van der Waals surface area contributed by atoms with Gasteiger partial charge in [-0.25, -0.2) is 10.4 Å². The summed E-state index contributed by atoms with van der Waals surface area (Å²) in [6.45, 7) is 0. The Morgan fingerprint density at radius 1 is 1.88 bits per heavy atom. The van der Waals surface area contributed by atoms with Gasteiger partial charge in [0.15, 0.2) is 0 Å². The fraction of sp³-hybridized carbons (Fsp3) is 1.00. The Bertz CT molecular complexity index is 77.7. The molecule has 4 heteroatoms. The average molecular weight is 133 g/mol. The van der Waals surface area contributed by atoms with E-state index in [-0.39, 0.29) is 0 Å². The van der Waals surface area contributed by atoms with Crippen LogP contribution in [0.4, 0.5) is 0 Å². The summed E-state index contributed by atoms with van der Waals surface area (Å²) in [7, 11) is 3.98. The van der Waals surface area contributed by atoms with Crippen molar-refractivity contribution in [3.05, 3.63) is 0 Å². The van der Waals surface area contributed by atoms with E-state index in [1.54, 1.807) is 0 Å². The molecule has 1 rings (SSSR count). The Kier molecular flexibility index (Phi) is 2.13. The van der Waals surface area contributed by atoms with Gasteiger partial charge in [-0.1, -0.05) is 0 Å². The molecule has 1 atom stereocenters. The molecule has 0 radical (unpaired) electrons. The third-order valence-electron chi connectivity index (χ3n) is 1.03. The molecule has 1 unspecified atom stereocenters. The van der Waals surface area contributed by atoms with Crippen LogP contribution < -0.4 is 10.7 Å². The van der Waals surface area contributed by atoms with Crippen molar-refractivity contribution in [1.82, 2.24) is 15.8 Å². The zero-order chi connectivity index (χ0) is 5.98. The second-order valence-electron chi connectivity index (χ2n) is 1.79. The fourth-order valence-electron chi connectivity index (χ4n) is 0.609. The Morgan fingerprint density at radius 2 is 2.62 bits per heavy atom. The zero-order valence-electron chi connectivity index (χ0n) is 5.14. The number of thioether (sulfide) groups is 1. The topological polar surface area (TPSA) is 27.3 Å². The standard InChI is InChI=1S/C4H11N3S/c1-5-4-6-7(2)3-8-4/h4-6H,3H2,1-2H3. The molecule has 48 valence electrons. The zero-order valence-corrected chi connectivity index (χ0v) is 5.96. The van der Waals surface area contributed by atoms with Crippen molar-refractivity contribution in [2.24, 2.45) is 0 Å². The number of nitrogens with one attached hydrogen (secondary N) is 2. The Labute approximate surface area is 53.8 Å². The van der Waals surface area contributed by atoms with Gasteiger partial charge in [-0.3, -0.25) is 5.32 Å². The molecule has 1 saturated heterocycles. The smallest absolute Gasteiger partial charge is 0.119 e. The van der Waals surface area contributed by atoms with Crippen LogP contribution in [0.5, 0.6) is 0 Å². The third-order valence-corrected chi connectivity index (χ3v) is 2.25. The van der Waals surface area contributed by atoms with Crippen molar-refractivity contribution in [1.29, 1.82) is 0 Å². The molecule has 0 aromatic rings. The largest absolute Gasteiger partial charge is 0.295 e. The van der Waals surface area contributed by atoms with Crippen LogP contribution in [-0.4, -0.2) is 30.5 Å². The maximum Gasteiger partial charge on any atom is 0.119 e. The highest BCUT2D eigenvalue weighted by Gasteiger charge is 2.15. The van der Waals surface area contributed by atoms with Crippen LogP contribution in [0, 0.1) is 0 Å². The number of nitrogens with zero attached hydrogens (tertiary/aromatic N) is 1. The summed E-state index contributed by atoms with van der Waals surface area (Å²) >= 11 is 1.85. The molecule has 1 fully saturated rings. The first-order valence-electron chi connectivity index (χ1n) is 2.59. The molecule has 0 spiro atoms. The highest BCUT2D eigenvalue weighted by atomic mass is 32.2. The number of rotatable bonds is 1. The van der Waals surface area contributed by atoms with E-state index < -0.39 is 0 Å². The molecule has 0 aliphatic carbocycles. The van der Waals surface area contributed by atoms with Gasteiger partial charge in [0, 0.05) is 7.05 Å². The quantitative estimate of drug-likeness (QED) is 0.510. The highest BCUT2D eigenvalue weighted by molar-refractivity contribution is 7.99. The molecule has 0 bridgehead atoms. The molecule has 0 amide bonds. The number of hydrazine groups is 1. The first-order chi connectivity index (χ1) is 3.83. The maximum absolute atomic E-state index is 3.19.